The molecule has 0 bridgehead atoms. The lowest BCUT2D eigenvalue weighted by Crippen LogP contribution is -2.40. The standard InChI is InChI=1S/C35H64N4O10/c1-29(37-19-21-46-24-26-49-28-34(43)38-20-22-47-23-25-48-27-32(36)41)17-18-31(30(2)40)39-33(42)15-13-11-9-7-5-3-4-6-8-10-12-14-16-35(44)45/h31,37H,1,3-28H2,2H3,(H2,36,41)(H,38,43)(H,39,42)(H,44,45)/t31-/m0/s1. The van der Waals surface area contributed by atoms with E-state index in [1.165, 1.54) is 45.4 Å². The van der Waals surface area contributed by atoms with Crippen molar-refractivity contribution in [1.82, 2.24) is 16.0 Å². The lowest BCUT2D eigenvalue weighted by Gasteiger charge is -2.17. The van der Waals surface area contributed by atoms with Crippen LogP contribution >= 0.6 is 0 Å². The summed E-state index contributed by atoms with van der Waals surface area (Å²) in [5.41, 5.74) is 5.71. The van der Waals surface area contributed by atoms with E-state index in [-0.39, 0.29) is 50.4 Å². The third kappa shape index (κ3) is 34.6. The second kappa shape index (κ2) is 33.4. The van der Waals surface area contributed by atoms with Crippen molar-refractivity contribution in [2.75, 3.05) is 65.9 Å². The van der Waals surface area contributed by atoms with Gasteiger partial charge in [-0.05, 0) is 32.6 Å². The molecule has 0 saturated heterocycles. The number of unbranched alkanes of at least 4 members (excludes halogenated alkanes) is 11. The lowest BCUT2D eigenvalue weighted by molar-refractivity contribution is -0.137. The van der Waals surface area contributed by atoms with Crippen molar-refractivity contribution in [2.24, 2.45) is 5.73 Å². The fourth-order valence-corrected chi connectivity index (χ4v) is 4.77. The number of hydrogen-bond donors (Lipinski definition) is 5. The van der Waals surface area contributed by atoms with Gasteiger partial charge in [-0.2, -0.15) is 0 Å². The number of rotatable bonds is 37. The summed E-state index contributed by atoms with van der Waals surface area (Å²) >= 11 is 0. The van der Waals surface area contributed by atoms with Crippen LogP contribution < -0.4 is 21.7 Å². The van der Waals surface area contributed by atoms with Crippen molar-refractivity contribution in [3.8, 4) is 0 Å². The van der Waals surface area contributed by atoms with Crippen molar-refractivity contribution >= 4 is 29.5 Å². The summed E-state index contributed by atoms with van der Waals surface area (Å²) < 4.78 is 21.0. The first-order chi connectivity index (χ1) is 23.6. The lowest BCUT2D eigenvalue weighted by atomic mass is 10.0. The number of amides is 3. The topological polar surface area (TPSA) is 205 Å². The molecule has 6 N–H and O–H groups in total. The summed E-state index contributed by atoms with van der Waals surface area (Å²) in [6.45, 7) is 7.97. The number of ether oxygens (including phenoxy) is 4. The molecule has 0 aliphatic heterocycles. The van der Waals surface area contributed by atoms with Gasteiger partial charge in [0.15, 0.2) is 5.78 Å². The first-order valence-corrected chi connectivity index (χ1v) is 17.9. The van der Waals surface area contributed by atoms with Gasteiger partial charge in [0.2, 0.25) is 17.7 Å². The summed E-state index contributed by atoms with van der Waals surface area (Å²) in [5.74, 6) is -1.68. The van der Waals surface area contributed by atoms with Gasteiger partial charge in [-0.15, -0.1) is 0 Å². The van der Waals surface area contributed by atoms with Crippen molar-refractivity contribution in [3.63, 3.8) is 0 Å². The Bertz CT molecular complexity index is 919. The molecular weight excluding hydrogens is 636 g/mol. The van der Waals surface area contributed by atoms with Gasteiger partial charge < -0.3 is 45.7 Å². The molecule has 14 nitrogen and oxygen atoms in total. The molecule has 0 aliphatic rings. The van der Waals surface area contributed by atoms with E-state index in [1.54, 1.807) is 0 Å². The van der Waals surface area contributed by atoms with Crippen LogP contribution in [-0.2, 0) is 42.9 Å². The number of nitrogens with two attached hydrogens (primary N) is 1. The highest BCUT2D eigenvalue weighted by atomic mass is 16.5. The van der Waals surface area contributed by atoms with Crippen LogP contribution in [0.4, 0.5) is 0 Å². The van der Waals surface area contributed by atoms with E-state index < -0.39 is 17.9 Å². The number of carboxylic acid groups (broad SMARTS) is 1. The minimum atomic E-state index is -0.709. The van der Waals surface area contributed by atoms with Crippen molar-refractivity contribution < 1.29 is 48.0 Å². The number of nitrogens with one attached hydrogen (secondary N) is 3. The average Bonchev–Trinajstić information content (AvgIpc) is 3.05. The number of carboxylic acids is 1. The molecule has 3 amide bonds. The van der Waals surface area contributed by atoms with Crippen LogP contribution in [0.2, 0.25) is 0 Å². The Balaban J connectivity index is 3.68. The second-order valence-corrected chi connectivity index (χ2v) is 12.1. The third-order valence-corrected chi connectivity index (χ3v) is 7.52. The molecule has 0 aliphatic carbocycles. The fourth-order valence-electron chi connectivity index (χ4n) is 4.77. The quantitative estimate of drug-likeness (QED) is 0.0596. The molecule has 0 spiro atoms. The Morgan fingerprint density at radius 3 is 1.59 bits per heavy atom. The first-order valence-electron chi connectivity index (χ1n) is 17.9. The van der Waals surface area contributed by atoms with Gasteiger partial charge in [0.05, 0.1) is 45.7 Å². The van der Waals surface area contributed by atoms with Crippen LogP contribution in [0.15, 0.2) is 12.3 Å². The van der Waals surface area contributed by atoms with Gasteiger partial charge in [-0.1, -0.05) is 70.8 Å². The molecule has 0 aromatic heterocycles. The van der Waals surface area contributed by atoms with E-state index in [0.717, 1.165) is 44.2 Å². The molecule has 1 atom stereocenters. The molecule has 0 rings (SSSR count). The van der Waals surface area contributed by atoms with E-state index in [1.807, 2.05) is 0 Å². The van der Waals surface area contributed by atoms with Gasteiger partial charge in [0, 0.05) is 31.6 Å². The minimum Gasteiger partial charge on any atom is -0.481 e. The monoisotopic (exact) mass is 700 g/mol. The van der Waals surface area contributed by atoms with Gasteiger partial charge in [0.1, 0.15) is 13.2 Å². The molecule has 0 radical (unpaired) electrons. The highest BCUT2D eigenvalue weighted by Gasteiger charge is 2.17. The van der Waals surface area contributed by atoms with Gasteiger partial charge in [-0.3, -0.25) is 24.0 Å². The third-order valence-electron chi connectivity index (χ3n) is 7.52. The smallest absolute Gasteiger partial charge is 0.303 e. The Morgan fingerprint density at radius 2 is 1.08 bits per heavy atom. The van der Waals surface area contributed by atoms with E-state index in [0.29, 0.717) is 58.8 Å². The molecule has 284 valence electrons. The minimum absolute atomic E-state index is 0.0735. The highest BCUT2D eigenvalue weighted by molar-refractivity contribution is 5.87. The largest absolute Gasteiger partial charge is 0.481 e. The molecule has 0 saturated carbocycles. The Morgan fingerprint density at radius 1 is 0.612 bits per heavy atom. The molecule has 0 fully saturated rings. The van der Waals surface area contributed by atoms with Crippen molar-refractivity contribution in [3.05, 3.63) is 12.3 Å². The highest BCUT2D eigenvalue weighted by Crippen LogP contribution is 2.13. The molecular formula is C35H64N4O10. The summed E-state index contributed by atoms with van der Waals surface area (Å²) in [6.07, 6.45) is 14.7. The summed E-state index contributed by atoms with van der Waals surface area (Å²) in [5, 5.41) is 17.3. The zero-order chi connectivity index (χ0) is 36.4. The second-order valence-electron chi connectivity index (χ2n) is 12.1. The van der Waals surface area contributed by atoms with E-state index in [4.69, 9.17) is 29.8 Å². The Labute approximate surface area is 293 Å². The van der Waals surface area contributed by atoms with Crippen LogP contribution in [0.25, 0.3) is 0 Å². The number of carbonyl (C=O) groups is 5. The number of hydrogen-bond acceptors (Lipinski definition) is 10. The average molecular weight is 701 g/mol. The molecule has 0 aromatic rings. The van der Waals surface area contributed by atoms with Crippen molar-refractivity contribution in [1.29, 1.82) is 0 Å². The van der Waals surface area contributed by atoms with Crippen LogP contribution in [0.5, 0.6) is 0 Å². The zero-order valence-electron chi connectivity index (χ0n) is 29.9. The number of ketones is 1. The maximum atomic E-state index is 12.4. The van der Waals surface area contributed by atoms with Gasteiger partial charge >= 0.3 is 5.97 Å². The van der Waals surface area contributed by atoms with Crippen LogP contribution in [0, 0.1) is 0 Å². The molecule has 0 heterocycles. The predicted molar refractivity (Wildman–Crippen MR) is 187 cm³/mol. The maximum Gasteiger partial charge on any atom is 0.303 e. The molecule has 0 unspecified atom stereocenters. The maximum absolute atomic E-state index is 12.4. The van der Waals surface area contributed by atoms with Crippen molar-refractivity contribution in [2.45, 2.75) is 116 Å². The molecule has 14 heteroatoms. The summed E-state index contributed by atoms with van der Waals surface area (Å²) in [6, 6.07) is -0.532. The first kappa shape index (κ1) is 45.9. The number of Topliss-reactive ketones (excluding diaryl/α,β-unsaturated/α-hetero) is 1. The summed E-state index contributed by atoms with van der Waals surface area (Å²) in [7, 11) is 0. The van der Waals surface area contributed by atoms with Gasteiger partial charge in [-0.25, -0.2) is 0 Å². The Hall–Kier alpha value is -3.07. The number of aliphatic carboxylic acids is 1. The molecule has 49 heavy (non-hydrogen) atoms. The van der Waals surface area contributed by atoms with Gasteiger partial charge in [0.25, 0.3) is 0 Å². The van der Waals surface area contributed by atoms with E-state index in [9.17, 15) is 24.0 Å². The zero-order valence-corrected chi connectivity index (χ0v) is 29.9. The predicted octanol–water partition coefficient (Wildman–Crippen LogP) is 3.16. The summed E-state index contributed by atoms with van der Waals surface area (Å²) in [4.78, 5) is 57.3. The fraction of sp³-hybridized carbons (Fsp3) is 0.800. The van der Waals surface area contributed by atoms with E-state index >= 15 is 0 Å². The van der Waals surface area contributed by atoms with Crippen LogP contribution in [0.3, 0.4) is 0 Å². The van der Waals surface area contributed by atoms with Crippen LogP contribution in [0.1, 0.15) is 110 Å². The Kier molecular flexibility index (Phi) is 31.3. The van der Waals surface area contributed by atoms with E-state index in [2.05, 4.69) is 22.5 Å². The van der Waals surface area contributed by atoms with Crippen LogP contribution in [-0.4, -0.2) is 107 Å². The molecule has 0 aromatic carbocycles. The number of primary amides is 1. The SMILES string of the molecule is C=C(CC[C@H](NC(=O)CCCCCCCCCCCCCCC(=O)O)C(C)=O)NCCOCCOCC(=O)NCCOCCOCC(N)=O. The number of allylic oxidation sites excluding steroid dienone is 1. The number of carbonyl (C=O) groups excluding carboxylic acids is 4. The normalized spacial score (nSPS) is 11.5.